The Morgan fingerprint density at radius 1 is 0.810 bits per heavy atom. The largest absolute Gasteiger partial charge is 0.478 e. The molecule has 0 aromatic heterocycles. The SMILES string of the molecule is O=C(O)c1c(Cl)cc(C(=O)O)c2c(C(=O)O)cc(Cl)cc12. The van der Waals surface area contributed by atoms with Crippen molar-refractivity contribution in [1.82, 2.24) is 0 Å². The number of benzene rings is 2. The van der Waals surface area contributed by atoms with Gasteiger partial charge in [0.1, 0.15) is 0 Å². The van der Waals surface area contributed by atoms with Gasteiger partial charge in [-0.3, -0.25) is 0 Å². The summed E-state index contributed by atoms with van der Waals surface area (Å²) in [5.41, 5.74) is -1.22. The highest BCUT2D eigenvalue weighted by molar-refractivity contribution is 6.37. The number of rotatable bonds is 3. The first-order valence-corrected chi connectivity index (χ1v) is 6.15. The van der Waals surface area contributed by atoms with E-state index in [1.807, 2.05) is 0 Å². The van der Waals surface area contributed by atoms with Crippen LogP contribution in [-0.4, -0.2) is 33.2 Å². The molecule has 2 aromatic rings. The van der Waals surface area contributed by atoms with Crippen LogP contribution in [0.3, 0.4) is 0 Å². The van der Waals surface area contributed by atoms with Gasteiger partial charge in [0.05, 0.1) is 21.7 Å². The van der Waals surface area contributed by atoms with Gasteiger partial charge in [0, 0.05) is 15.8 Å². The zero-order valence-electron chi connectivity index (χ0n) is 10.1. The van der Waals surface area contributed by atoms with Gasteiger partial charge in [-0.05, 0) is 18.2 Å². The summed E-state index contributed by atoms with van der Waals surface area (Å²) in [4.78, 5) is 33.8. The summed E-state index contributed by atoms with van der Waals surface area (Å²) in [6.45, 7) is 0. The molecule has 0 atom stereocenters. The van der Waals surface area contributed by atoms with Crippen LogP contribution in [0.5, 0.6) is 0 Å². The zero-order valence-corrected chi connectivity index (χ0v) is 11.6. The number of aromatic carboxylic acids is 3. The van der Waals surface area contributed by atoms with Crippen molar-refractivity contribution in [2.75, 3.05) is 0 Å². The van der Waals surface area contributed by atoms with E-state index in [2.05, 4.69) is 0 Å². The summed E-state index contributed by atoms with van der Waals surface area (Å²) >= 11 is 11.6. The fraction of sp³-hybridized carbons (Fsp3) is 0. The van der Waals surface area contributed by atoms with Crippen molar-refractivity contribution in [3.05, 3.63) is 44.9 Å². The van der Waals surface area contributed by atoms with Gasteiger partial charge in [0.25, 0.3) is 0 Å². The summed E-state index contributed by atoms with van der Waals surface area (Å²) in [6, 6.07) is 3.14. The first-order valence-electron chi connectivity index (χ1n) is 5.39. The van der Waals surface area contributed by atoms with Crippen LogP contribution < -0.4 is 0 Å². The molecule has 3 N–H and O–H groups in total. The molecular formula is C13H6Cl2O6. The number of carbonyl (C=O) groups is 3. The molecule has 0 aliphatic carbocycles. The fourth-order valence-corrected chi connectivity index (χ4v) is 2.56. The lowest BCUT2D eigenvalue weighted by atomic mass is 9.95. The van der Waals surface area contributed by atoms with Crippen LogP contribution in [0.25, 0.3) is 10.8 Å². The lowest BCUT2D eigenvalue weighted by molar-refractivity contribution is 0.0681. The molecule has 2 aromatic carbocycles. The molecule has 0 unspecified atom stereocenters. The Morgan fingerprint density at radius 2 is 1.33 bits per heavy atom. The van der Waals surface area contributed by atoms with Crippen LogP contribution in [0.2, 0.25) is 10.0 Å². The van der Waals surface area contributed by atoms with E-state index in [0.717, 1.165) is 12.1 Å². The molecular weight excluding hydrogens is 323 g/mol. The van der Waals surface area contributed by atoms with E-state index in [-0.39, 0.29) is 20.8 Å². The molecule has 0 fully saturated rings. The number of hydrogen-bond donors (Lipinski definition) is 3. The summed E-state index contributed by atoms with van der Waals surface area (Å²) in [5, 5.41) is 26.8. The Morgan fingerprint density at radius 3 is 1.81 bits per heavy atom. The van der Waals surface area contributed by atoms with Crippen molar-refractivity contribution < 1.29 is 29.7 Å². The number of carboxylic acids is 3. The lowest BCUT2D eigenvalue weighted by Crippen LogP contribution is -2.08. The molecule has 0 saturated carbocycles. The van der Waals surface area contributed by atoms with Gasteiger partial charge >= 0.3 is 17.9 Å². The summed E-state index contributed by atoms with van der Waals surface area (Å²) in [7, 11) is 0. The number of hydrogen-bond acceptors (Lipinski definition) is 3. The molecule has 0 saturated heterocycles. The average Bonchev–Trinajstić information content (AvgIpc) is 2.35. The molecule has 0 amide bonds. The average molecular weight is 329 g/mol. The molecule has 2 rings (SSSR count). The Bertz CT molecular complexity index is 792. The van der Waals surface area contributed by atoms with E-state index in [4.69, 9.17) is 23.2 Å². The molecule has 21 heavy (non-hydrogen) atoms. The Labute approximate surface area is 127 Å². The monoisotopic (exact) mass is 328 g/mol. The summed E-state index contributed by atoms with van der Waals surface area (Å²) < 4.78 is 0. The maximum atomic E-state index is 11.3. The molecule has 0 spiro atoms. The highest BCUT2D eigenvalue weighted by Crippen LogP contribution is 2.34. The van der Waals surface area contributed by atoms with Gasteiger partial charge in [0.2, 0.25) is 0 Å². The summed E-state index contributed by atoms with van der Waals surface area (Å²) in [5.74, 6) is -4.27. The smallest absolute Gasteiger partial charge is 0.337 e. The molecule has 0 heterocycles. The quantitative estimate of drug-likeness (QED) is 0.797. The van der Waals surface area contributed by atoms with E-state index < -0.39 is 34.6 Å². The molecule has 0 aliphatic heterocycles. The van der Waals surface area contributed by atoms with Gasteiger partial charge in [-0.1, -0.05) is 23.2 Å². The maximum Gasteiger partial charge on any atom is 0.337 e. The Hall–Kier alpha value is -2.31. The number of fused-ring (bicyclic) bond motifs is 1. The number of carboxylic acid groups (broad SMARTS) is 3. The number of halogens is 2. The second kappa shape index (κ2) is 5.23. The zero-order chi connectivity index (χ0) is 15.9. The topological polar surface area (TPSA) is 112 Å². The predicted octanol–water partition coefficient (Wildman–Crippen LogP) is 3.24. The van der Waals surface area contributed by atoms with Crippen molar-refractivity contribution in [2.45, 2.75) is 0 Å². The van der Waals surface area contributed by atoms with Gasteiger partial charge in [-0.2, -0.15) is 0 Å². The van der Waals surface area contributed by atoms with Crippen molar-refractivity contribution >= 4 is 51.9 Å². The minimum Gasteiger partial charge on any atom is -0.478 e. The Kier molecular flexibility index (Phi) is 3.76. The molecule has 108 valence electrons. The third kappa shape index (κ3) is 2.51. The van der Waals surface area contributed by atoms with E-state index in [1.54, 1.807) is 0 Å². The summed E-state index contributed by atoms with van der Waals surface area (Å²) in [6.07, 6.45) is 0. The fourth-order valence-electron chi connectivity index (χ4n) is 2.05. The first kappa shape index (κ1) is 15.1. The van der Waals surface area contributed by atoms with Crippen molar-refractivity contribution in [1.29, 1.82) is 0 Å². The third-order valence-electron chi connectivity index (χ3n) is 2.83. The highest BCUT2D eigenvalue weighted by Gasteiger charge is 2.24. The van der Waals surface area contributed by atoms with Gasteiger partial charge in [-0.25, -0.2) is 14.4 Å². The molecule has 6 nitrogen and oxygen atoms in total. The van der Waals surface area contributed by atoms with E-state index >= 15 is 0 Å². The van der Waals surface area contributed by atoms with Gasteiger partial charge in [0.15, 0.2) is 0 Å². The third-order valence-corrected chi connectivity index (χ3v) is 3.34. The second-order valence-corrected chi connectivity index (χ2v) is 4.92. The van der Waals surface area contributed by atoms with Crippen LogP contribution in [0.4, 0.5) is 0 Å². The predicted molar refractivity (Wildman–Crippen MR) is 74.8 cm³/mol. The van der Waals surface area contributed by atoms with E-state index in [0.29, 0.717) is 0 Å². The van der Waals surface area contributed by atoms with Crippen molar-refractivity contribution in [3.8, 4) is 0 Å². The van der Waals surface area contributed by atoms with Crippen LogP contribution in [0.1, 0.15) is 31.1 Å². The standard InChI is InChI=1S/C13H6Cl2O6/c14-4-1-5-9(6(2-4)11(16)17)7(12(18)19)3-8(15)10(5)13(20)21/h1-3H,(H,16,17)(H,18,19)(H,20,21). The normalized spacial score (nSPS) is 10.6. The van der Waals surface area contributed by atoms with Crippen LogP contribution in [0, 0.1) is 0 Å². The second-order valence-electron chi connectivity index (χ2n) is 4.07. The minimum atomic E-state index is -1.43. The first-order chi connectivity index (χ1) is 9.73. The van der Waals surface area contributed by atoms with Crippen molar-refractivity contribution in [2.24, 2.45) is 0 Å². The molecule has 0 bridgehead atoms. The lowest BCUT2D eigenvalue weighted by Gasteiger charge is -2.11. The highest BCUT2D eigenvalue weighted by atomic mass is 35.5. The van der Waals surface area contributed by atoms with Crippen molar-refractivity contribution in [3.63, 3.8) is 0 Å². The van der Waals surface area contributed by atoms with Gasteiger partial charge < -0.3 is 15.3 Å². The molecule has 8 heteroatoms. The Balaban J connectivity index is 3.15. The van der Waals surface area contributed by atoms with Crippen LogP contribution in [0.15, 0.2) is 18.2 Å². The minimum absolute atomic E-state index is 0.0407. The van der Waals surface area contributed by atoms with E-state index in [9.17, 15) is 29.7 Å². The van der Waals surface area contributed by atoms with Crippen LogP contribution in [-0.2, 0) is 0 Å². The molecule has 0 aliphatic rings. The van der Waals surface area contributed by atoms with E-state index in [1.165, 1.54) is 6.07 Å². The molecule has 0 radical (unpaired) electrons. The maximum absolute atomic E-state index is 11.3. The van der Waals surface area contributed by atoms with Gasteiger partial charge in [-0.15, -0.1) is 0 Å². The van der Waals surface area contributed by atoms with Crippen LogP contribution >= 0.6 is 23.2 Å².